The van der Waals surface area contributed by atoms with Crippen LogP contribution in [-0.2, 0) is 10.1 Å². The number of nitrogens with zero attached hydrogens (tertiary/aromatic N) is 1. The SMILES string of the molecule is COc1ccc(Cl)cc1S(=O)(=O)Oc1ccc2nc(C)oc2c1. The summed E-state index contributed by atoms with van der Waals surface area (Å²) in [4.78, 5) is 3.99. The molecule has 1 heterocycles. The third kappa shape index (κ3) is 3.11. The number of hydrogen-bond acceptors (Lipinski definition) is 6. The lowest BCUT2D eigenvalue weighted by molar-refractivity contribution is 0.398. The van der Waals surface area contributed by atoms with Crippen LogP contribution < -0.4 is 8.92 Å². The first-order valence-corrected chi connectivity index (χ1v) is 8.33. The summed E-state index contributed by atoms with van der Waals surface area (Å²) in [7, 11) is -2.75. The maximum absolute atomic E-state index is 12.5. The van der Waals surface area contributed by atoms with Crippen LogP contribution in [0.2, 0.25) is 5.02 Å². The topological polar surface area (TPSA) is 78.6 Å². The Kier molecular flexibility index (Phi) is 3.91. The Morgan fingerprint density at radius 1 is 1.17 bits per heavy atom. The van der Waals surface area contributed by atoms with Crippen molar-refractivity contribution in [2.24, 2.45) is 0 Å². The summed E-state index contributed by atoms with van der Waals surface area (Å²) in [6.45, 7) is 1.70. The summed E-state index contributed by atoms with van der Waals surface area (Å²) in [6, 6.07) is 8.84. The van der Waals surface area contributed by atoms with E-state index in [1.54, 1.807) is 13.0 Å². The second-order valence-corrected chi connectivity index (χ2v) is 6.65. The van der Waals surface area contributed by atoms with Crippen molar-refractivity contribution in [1.29, 1.82) is 0 Å². The van der Waals surface area contributed by atoms with E-state index in [0.717, 1.165) is 0 Å². The van der Waals surface area contributed by atoms with E-state index in [-0.39, 0.29) is 21.4 Å². The van der Waals surface area contributed by atoms with Gasteiger partial charge in [-0.15, -0.1) is 0 Å². The van der Waals surface area contributed by atoms with Crippen LogP contribution in [0.15, 0.2) is 45.7 Å². The minimum atomic E-state index is -4.11. The van der Waals surface area contributed by atoms with E-state index < -0.39 is 10.1 Å². The largest absolute Gasteiger partial charge is 0.495 e. The lowest BCUT2D eigenvalue weighted by Crippen LogP contribution is -2.11. The van der Waals surface area contributed by atoms with Gasteiger partial charge in [-0.1, -0.05) is 11.6 Å². The van der Waals surface area contributed by atoms with Gasteiger partial charge >= 0.3 is 10.1 Å². The van der Waals surface area contributed by atoms with E-state index in [2.05, 4.69) is 4.98 Å². The van der Waals surface area contributed by atoms with Crippen LogP contribution in [0.4, 0.5) is 0 Å². The fourth-order valence-corrected chi connectivity index (χ4v) is 3.44. The number of benzene rings is 2. The molecule has 0 bridgehead atoms. The molecule has 1 aromatic heterocycles. The maximum atomic E-state index is 12.5. The fourth-order valence-electron chi connectivity index (χ4n) is 2.09. The van der Waals surface area contributed by atoms with Crippen molar-refractivity contribution < 1.29 is 21.8 Å². The molecule has 0 spiro atoms. The highest BCUT2D eigenvalue weighted by molar-refractivity contribution is 7.87. The van der Waals surface area contributed by atoms with Gasteiger partial charge < -0.3 is 13.3 Å². The lowest BCUT2D eigenvalue weighted by atomic mass is 10.3. The number of fused-ring (bicyclic) bond motifs is 1. The van der Waals surface area contributed by atoms with Gasteiger partial charge in [0.1, 0.15) is 21.9 Å². The number of ether oxygens (including phenoxy) is 1. The number of halogens is 1. The molecule has 3 aromatic rings. The van der Waals surface area contributed by atoms with Crippen molar-refractivity contribution >= 4 is 32.8 Å². The Morgan fingerprint density at radius 3 is 2.70 bits per heavy atom. The fraction of sp³-hybridized carbons (Fsp3) is 0.133. The zero-order valence-electron chi connectivity index (χ0n) is 12.2. The molecule has 3 rings (SSSR count). The Hall–Kier alpha value is -2.25. The highest BCUT2D eigenvalue weighted by Gasteiger charge is 2.23. The minimum absolute atomic E-state index is 0.107. The van der Waals surface area contributed by atoms with E-state index >= 15 is 0 Å². The van der Waals surface area contributed by atoms with Crippen molar-refractivity contribution in [2.45, 2.75) is 11.8 Å². The van der Waals surface area contributed by atoms with Gasteiger partial charge in [0.2, 0.25) is 0 Å². The van der Waals surface area contributed by atoms with Gasteiger partial charge in [-0.05, 0) is 30.3 Å². The summed E-state index contributed by atoms with van der Waals surface area (Å²) in [6.07, 6.45) is 0. The summed E-state index contributed by atoms with van der Waals surface area (Å²) in [5.74, 6) is 0.734. The molecule has 0 saturated carbocycles. The molecule has 0 radical (unpaired) electrons. The normalized spacial score (nSPS) is 11.6. The average molecular weight is 354 g/mol. The number of oxazole rings is 1. The van der Waals surface area contributed by atoms with E-state index in [1.807, 2.05) is 0 Å². The summed E-state index contributed by atoms with van der Waals surface area (Å²) < 4.78 is 40.5. The Morgan fingerprint density at radius 2 is 1.96 bits per heavy atom. The molecule has 120 valence electrons. The third-order valence-electron chi connectivity index (χ3n) is 3.07. The van der Waals surface area contributed by atoms with E-state index in [9.17, 15) is 8.42 Å². The van der Waals surface area contributed by atoms with Crippen LogP contribution in [0.3, 0.4) is 0 Å². The Labute approximate surface area is 137 Å². The van der Waals surface area contributed by atoms with Gasteiger partial charge in [-0.25, -0.2) is 4.98 Å². The van der Waals surface area contributed by atoms with Crippen LogP contribution >= 0.6 is 11.6 Å². The molecule has 0 N–H and O–H groups in total. The zero-order chi connectivity index (χ0) is 16.6. The molecule has 8 heteroatoms. The van der Waals surface area contributed by atoms with E-state index in [1.165, 1.54) is 37.4 Å². The van der Waals surface area contributed by atoms with Gasteiger partial charge in [-0.3, -0.25) is 0 Å². The standard InChI is InChI=1S/C15H12ClNO5S/c1-9-17-12-5-4-11(8-14(12)21-9)22-23(18,19)15-7-10(16)3-6-13(15)20-2/h3-8H,1-2H3. The molecule has 0 aliphatic rings. The predicted octanol–water partition coefficient (Wildman–Crippen LogP) is 3.57. The molecular weight excluding hydrogens is 342 g/mol. The van der Waals surface area contributed by atoms with Crippen molar-refractivity contribution in [1.82, 2.24) is 4.98 Å². The van der Waals surface area contributed by atoms with Crippen LogP contribution in [-0.4, -0.2) is 20.5 Å². The smallest absolute Gasteiger partial charge is 0.342 e. The molecule has 0 unspecified atom stereocenters. The van der Waals surface area contributed by atoms with Crippen molar-refractivity contribution in [3.8, 4) is 11.5 Å². The van der Waals surface area contributed by atoms with Crippen molar-refractivity contribution in [2.75, 3.05) is 7.11 Å². The van der Waals surface area contributed by atoms with Crippen LogP contribution in [0.25, 0.3) is 11.1 Å². The first-order valence-electron chi connectivity index (χ1n) is 6.54. The number of aromatic nitrogens is 1. The molecule has 23 heavy (non-hydrogen) atoms. The first-order chi connectivity index (χ1) is 10.9. The molecule has 0 fully saturated rings. The second-order valence-electron chi connectivity index (χ2n) is 4.70. The van der Waals surface area contributed by atoms with Crippen LogP contribution in [0.5, 0.6) is 11.5 Å². The van der Waals surface area contributed by atoms with E-state index in [0.29, 0.717) is 17.0 Å². The summed E-state index contributed by atoms with van der Waals surface area (Å²) in [5.41, 5.74) is 1.06. The van der Waals surface area contributed by atoms with Gasteiger partial charge in [0, 0.05) is 18.0 Å². The highest BCUT2D eigenvalue weighted by Crippen LogP contribution is 2.30. The first kappa shape index (κ1) is 15.6. The van der Waals surface area contributed by atoms with E-state index in [4.69, 9.17) is 24.9 Å². The van der Waals surface area contributed by atoms with Crippen molar-refractivity contribution in [3.63, 3.8) is 0 Å². The van der Waals surface area contributed by atoms with Gasteiger partial charge in [0.05, 0.1) is 7.11 Å². The molecule has 0 aliphatic heterocycles. The van der Waals surface area contributed by atoms with Gasteiger partial charge in [-0.2, -0.15) is 8.42 Å². The number of aryl methyl sites for hydroxylation is 1. The van der Waals surface area contributed by atoms with Gasteiger partial charge in [0.25, 0.3) is 0 Å². The monoisotopic (exact) mass is 353 g/mol. The minimum Gasteiger partial charge on any atom is -0.495 e. The molecule has 6 nitrogen and oxygen atoms in total. The Balaban J connectivity index is 2.01. The average Bonchev–Trinajstić information content (AvgIpc) is 2.86. The predicted molar refractivity (Wildman–Crippen MR) is 84.6 cm³/mol. The summed E-state index contributed by atoms with van der Waals surface area (Å²) in [5, 5.41) is 0.259. The zero-order valence-corrected chi connectivity index (χ0v) is 13.8. The number of rotatable bonds is 4. The molecule has 0 saturated heterocycles. The van der Waals surface area contributed by atoms with Gasteiger partial charge in [0.15, 0.2) is 11.5 Å². The number of hydrogen-bond donors (Lipinski definition) is 0. The highest BCUT2D eigenvalue weighted by atomic mass is 35.5. The molecule has 2 aromatic carbocycles. The molecule has 0 amide bonds. The summed E-state index contributed by atoms with van der Waals surface area (Å²) >= 11 is 5.86. The van der Waals surface area contributed by atoms with Crippen molar-refractivity contribution in [3.05, 3.63) is 47.3 Å². The Bertz CT molecular complexity index is 981. The quantitative estimate of drug-likeness (QED) is 0.667. The lowest BCUT2D eigenvalue weighted by Gasteiger charge is -2.10. The van der Waals surface area contributed by atoms with Crippen LogP contribution in [0.1, 0.15) is 5.89 Å². The molecule has 0 atom stereocenters. The second kappa shape index (κ2) is 5.75. The third-order valence-corrected chi connectivity index (χ3v) is 4.57. The number of methoxy groups -OCH3 is 1. The molecular formula is C15H12ClNO5S. The van der Waals surface area contributed by atoms with Crippen LogP contribution in [0, 0.1) is 6.92 Å². The molecule has 0 aliphatic carbocycles. The maximum Gasteiger partial charge on any atom is 0.342 e.